The van der Waals surface area contributed by atoms with Crippen molar-refractivity contribution in [1.82, 2.24) is 0 Å². The van der Waals surface area contributed by atoms with Crippen LogP contribution >= 0.6 is 15.9 Å². The van der Waals surface area contributed by atoms with Gasteiger partial charge in [0.15, 0.2) is 0 Å². The molecule has 1 aromatic carbocycles. The van der Waals surface area contributed by atoms with E-state index < -0.39 is 0 Å². The highest BCUT2D eigenvalue weighted by molar-refractivity contribution is 9.09. The third-order valence-electron chi connectivity index (χ3n) is 1.82. The number of hydrogen-bond acceptors (Lipinski definition) is 2. The molecule has 0 atom stereocenters. The lowest BCUT2D eigenvalue weighted by Gasteiger charge is -2.03. The zero-order valence-electron chi connectivity index (χ0n) is 8.13. The van der Waals surface area contributed by atoms with Crippen LogP contribution in [-0.2, 0) is 16.1 Å². The van der Waals surface area contributed by atoms with E-state index in [0.29, 0.717) is 18.4 Å². The van der Waals surface area contributed by atoms with Gasteiger partial charge in [-0.05, 0) is 12.5 Å². The molecular weight excluding hydrogens is 244 g/mol. The van der Waals surface area contributed by atoms with Crippen molar-refractivity contribution in [3.63, 3.8) is 0 Å². The van der Waals surface area contributed by atoms with Crippen LogP contribution in [0.5, 0.6) is 0 Å². The highest BCUT2D eigenvalue weighted by Gasteiger charge is 2.01. The van der Waals surface area contributed by atoms with Crippen molar-refractivity contribution in [1.29, 1.82) is 0 Å². The molecule has 0 N–H and O–H groups in total. The minimum absolute atomic E-state index is 0.164. The first kappa shape index (κ1) is 11.2. The average molecular weight is 257 g/mol. The highest BCUT2D eigenvalue weighted by atomic mass is 79.9. The van der Waals surface area contributed by atoms with Gasteiger partial charge in [-0.1, -0.05) is 45.8 Å². The second-order valence-electron chi connectivity index (χ2n) is 3.09. The summed E-state index contributed by atoms with van der Waals surface area (Å²) < 4.78 is 5.04. The summed E-state index contributed by atoms with van der Waals surface area (Å²) in [7, 11) is 0. The van der Waals surface area contributed by atoms with Crippen LogP contribution < -0.4 is 0 Å². The molecule has 0 bridgehead atoms. The fraction of sp³-hybridized carbons (Fsp3) is 0.364. The molecule has 0 saturated carbocycles. The van der Waals surface area contributed by atoms with Gasteiger partial charge >= 0.3 is 5.97 Å². The lowest BCUT2D eigenvalue weighted by Crippen LogP contribution is -2.04. The normalized spacial score (nSPS) is 9.86. The molecule has 0 aromatic heterocycles. The lowest BCUT2D eigenvalue weighted by atomic mass is 10.2. The molecule has 2 nitrogen and oxygen atoms in total. The van der Waals surface area contributed by atoms with E-state index >= 15 is 0 Å². The number of alkyl halides is 1. The predicted octanol–water partition coefficient (Wildman–Crippen LogP) is 2.82. The van der Waals surface area contributed by atoms with Crippen molar-refractivity contribution in [3.8, 4) is 0 Å². The second kappa shape index (κ2) is 5.81. The maximum atomic E-state index is 11.0. The summed E-state index contributed by atoms with van der Waals surface area (Å²) in [5.74, 6) is -0.164. The van der Waals surface area contributed by atoms with E-state index in [0.717, 1.165) is 5.56 Å². The summed E-state index contributed by atoms with van der Waals surface area (Å²) in [5, 5.41) is 0.653. The molecule has 0 aliphatic rings. The Hall–Kier alpha value is -0.830. The van der Waals surface area contributed by atoms with Gasteiger partial charge in [0.2, 0.25) is 0 Å². The zero-order chi connectivity index (χ0) is 10.4. The van der Waals surface area contributed by atoms with Crippen molar-refractivity contribution >= 4 is 21.9 Å². The molecule has 3 heteroatoms. The third kappa shape index (κ3) is 3.92. The van der Waals surface area contributed by atoms with Crippen LogP contribution in [0.4, 0.5) is 0 Å². The molecule has 0 spiro atoms. The van der Waals surface area contributed by atoms with E-state index in [4.69, 9.17) is 4.74 Å². The standard InChI is InChI=1S/C11H13BrO2/c1-9-2-4-10(5-3-9)8-14-11(13)6-7-12/h2-5H,6-8H2,1H3. The van der Waals surface area contributed by atoms with Crippen LogP contribution in [0.15, 0.2) is 24.3 Å². The van der Waals surface area contributed by atoms with Crippen molar-refractivity contribution in [2.75, 3.05) is 5.33 Å². The monoisotopic (exact) mass is 256 g/mol. The molecular formula is C11H13BrO2. The maximum absolute atomic E-state index is 11.0. The number of ether oxygens (including phenoxy) is 1. The summed E-state index contributed by atoms with van der Waals surface area (Å²) in [6, 6.07) is 7.95. The Morgan fingerprint density at radius 3 is 2.57 bits per heavy atom. The van der Waals surface area contributed by atoms with Gasteiger partial charge in [0.1, 0.15) is 6.61 Å². The quantitative estimate of drug-likeness (QED) is 0.612. The van der Waals surface area contributed by atoms with Gasteiger partial charge in [-0.3, -0.25) is 4.79 Å². The van der Waals surface area contributed by atoms with Crippen molar-refractivity contribution < 1.29 is 9.53 Å². The topological polar surface area (TPSA) is 26.3 Å². The molecule has 0 amide bonds. The fourth-order valence-corrected chi connectivity index (χ4v) is 1.32. The molecule has 0 aliphatic carbocycles. The third-order valence-corrected chi connectivity index (χ3v) is 2.22. The van der Waals surface area contributed by atoms with Crippen LogP contribution in [0, 0.1) is 6.92 Å². The van der Waals surface area contributed by atoms with Crippen LogP contribution in [0.25, 0.3) is 0 Å². The molecule has 0 heterocycles. The largest absolute Gasteiger partial charge is 0.461 e. The molecule has 0 aliphatic heterocycles. The maximum Gasteiger partial charge on any atom is 0.306 e. The van der Waals surface area contributed by atoms with Gasteiger partial charge in [0, 0.05) is 5.33 Å². The molecule has 0 saturated heterocycles. The first-order valence-electron chi connectivity index (χ1n) is 4.49. The average Bonchev–Trinajstić information content (AvgIpc) is 2.17. The van der Waals surface area contributed by atoms with E-state index in [9.17, 15) is 4.79 Å². The van der Waals surface area contributed by atoms with Gasteiger partial charge in [0.25, 0.3) is 0 Å². The minimum Gasteiger partial charge on any atom is -0.461 e. The van der Waals surface area contributed by atoms with Crippen LogP contribution in [0.2, 0.25) is 0 Å². The van der Waals surface area contributed by atoms with E-state index in [2.05, 4.69) is 15.9 Å². The number of halogens is 1. The lowest BCUT2D eigenvalue weighted by molar-refractivity contribution is -0.144. The number of carbonyl (C=O) groups is 1. The summed E-state index contributed by atoms with van der Waals surface area (Å²) in [6.07, 6.45) is 0.422. The summed E-state index contributed by atoms with van der Waals surface area (Å²) in [6.45, 7) is 2.40. The van der Waals surface area contributed by atoms with Crippen molar-refractivity contribution in [2.24, 2.45) is 0 Å². The highest BCUT2D eigenvalue weighted by Crippen LogP contribution is 2.05. The van der Waals surface area contributed by atoms with Crippen molar-refractivity contribution in [3.05, 3.63) is 35.4 Å². The Morgan fingerprint density at radius 1 is 1.36 bits per heavy atom. The summed E-state index contributed by atoms with van der Waals surface area (Å²) >= 11 is 3.18. The number of hydrogen-bond donors (Lipinski definition) is 0. The number of rotatable bonds is 4. The van der Waals surface area contributed by atoms with E-state index in [1.165, 1.54) is 5.56 Å². The van der Waals surface area contributed by atoms with Gasteiger partial charge in [-0.2, -0.15) is 0 Å². The zero-order valence-corrected chi connectivity index (χ0v) is 9.71. The number of esters is 1. The van der Waals surface area contributed by atoms with Crippen LogP contribution in [0.1, 0.15) is 17.5 Å². The predicted molar refractivity (Wildman–Crippen MR) is 59.4 cm³/mol. The SMILES string of the molecule is Cc1ccc(COC(=O)CCBr)cc1. The first-order valence-corrected chi connectivity index (χ1v) is 5.61. The molecule has 1 aromatic rings. The summed E-state index contributed by atoms with van der Waals surface area (Å²) in [5.41, 5.74) is 2.24. The van der Waals surface area contributed by atoms with Gasteiger partial charge in [0.05, 0.1) is 6.42 Å². The van der Waals surface area contributed by atoms with E-state index in [1.54, 1.807) is 0 Å². The van der Waals surface area contributed by atoms with Crippen LogP contribution in [-0.4, -0.2) is 11.3 Å². The Balaban J connectivity index is 2.38. The number of carbonyl (C=O) groups excluding carboxylic acids is 1. The first-order chi connectivity index (χ1) is 6.72. The Labute approximate surface area is 92.4 Å². The van der Waals surface area contributed by atoms with Crippen molar-refractivity contribution in [2.45, 2.75) is 20.0 Å². The number of benzene rings is 1. The van der Waals surface area contributed by atoms with Crippen LogP contribution in [0.3, 0.4) is 0 Å². The van der Waals surface area contributed by atoms with Gasteiger partial charge < -0.3 is 4.74 Å². The number of aryl methyl sites for hydroxylation is 1. The Morgan fingerprint density at radius 2 is 2.00 bits per heavy atom. The molecule has 1 rings (SSSR count). The fourth-order valence-electron chi connectivity index (χ4n) is 0.997. The Kier molecular flexibility index (Phi) is 4.66. The van der Waals surface area contributed by atoms with Gasteiger partial charge in [-0.15, -0.1) is 0 Å². The molecule has 0 unspecified atom stereocenters. The van der Waals surface area contributed by atoms with Gasteiger partial charge in [-0.25, -0.2) is 0 Å². The van der Waals surface area contributed by atoms with E-state index in [1.807, 2.05) is 31.2 Å². The Bertz CT molecular complexity index is 293. The second-order valence-corrected chi connectivity index (χ2v) is 3.88. The minimum atomic E-state index is -0.164. The van der Waals surface area contributed by atoms with E-state index in [-0.39, 0.29) is 5.97 Å². The molecule has 0 fully saturated rings. The smallest absolute Gasteiger partial charge is 0.306 e. The summed E-state index contributed by atoms with van der Waals surface area (Å²) in [4.78, 5) is 11.0. The molecule has 14 heavy (non-hydrogen) atoms. The molecule has 76 valence electrons. The molecule has 0 radical (unpaired) electrons.